The van der Waals surface area contributed by atoms with E-state index >= 15 is 0 Å². The molecule has 3 aromatic rings. The number of halogens is 1. The van der Waals surface area contributed by atoms with Crippen LogP contribution in [-0.4, -0.2) is 30.3 Å². The molecular formula is C17H17ClN4O3S. The molecule has 0 bridgehead atoms. The standard InChI is InChI=1S/C17H17ClN4O3S/c1-22-15(14-5-3-4-8-19-14)10-13(21-22)11-20-26(23,24)17-9-12(18)6-7-16(17)25-2/h3-10,20H,11H2,1-2H3. The van der Waals surface area contributed by atoms with E-state index in [-0.39, 0.29) is 17.2 Å². The summed E-state index contributed by atoms with van der Waals surface area (Å²) in [6.45, 7) is 0.0265. The van der Waals surface area contributed by atoms with Gasteiger partial charge in [0.1, 0.15) is 10.6 Å². The van der Waals surface area contributed by atoms with Crippen LogP contribution >= 0.6 is 11.6 Å². The molecule has 0 saturated heterocycles. The molecule has 2 aromatic heterocycles. The summed E-state index contributed by atoms with van der Waals surface area (Å²) in [5, 5.41) is 4.64. The van der Waals surface area contributed by atoms with E-state index in [1.165, 1.54) is 19.2 Å². The first-order chi connectivity index (χ1) is 12.4. The number of nitrogens with one attached hydrogen (secondary N) is 1. The summed E-state index contributed by atoms with van der Waals surface area (Å²) < 4.78 is 34.5. The van der Waals surface area contributed by atoms with Crippen molar-refractivity contribution in [2.75, 3.05) is 7.11 Å². The molecule has 1 N–H and O–H groups in total. The lowest BCUT2D eigenvalue weighted by Gasteiger charge is -2.10. The molecule has 0 aliphatic rings. The van der Waals surface area contributed by atoms with Crippen LogP contribution in [0, 0.1) is 0 Å². The molecule has 26 heavy (non-hydrogen) atoms. The first-order valence-electron chi connectivity index (χ1n) is 7.68. The molecule has 7 nitrogen and oxygen atoms in total. The van der Waals surface area contributed by atoms with Gasteiger partial charge in [-0.25, -0.2) is 13.1 Å². The van der Waals surface area contributed by atoms with Crippen molar-refractivity contribution in [1.29, 1.82) is 0 Å². The average molecular weight is 393 g/mol. The van der Waals surface area contributed by atoms with Gasteiger partial charge in [0.25, 0.3) is 0 Å². The van der Waals surface area contributed by atoms with Gasteiger partial charge in [-0.05, 0) is 36.4 Å². The maximum atomic E-state index is 12.6. The molecule has 0 aliphatic heterocycles. The third-order valence-corrected chi connectivity index (χ3v) is 5.37. The smallest absolute Gasteiger partial charge is 0.244 e. The summed E-state index contributed by atoms with van der Waals surface area (Å²) in [5.41, 5.74) is 2.12. The van der Waals surface area contributed by atoms with Crippen LogP contribution in [0.3, 0.4) is 0 Å². The van der Waals surface area contributed by atoms with E-state index < -0.39 is 10.0 Å². The Balaban J connectivity index is 1.82. The fraction of sp³-hybridized carbons (Fsp3) is 0.176. The molecule has 0 unspecified atom stereocenters. The lowest BCUT2D eigenvalue weighted by atomic mass is 10.2. The van der Waals surface area contributed by atoms with Crippen LogP contribution in [0.15, 0.2) is 53.6 Å². The van der Waals surface area contributed by atoms with Crippen molar-refractivity contribution >= 4 is 21.6 Å². The minimum absolute atomic E-state index is 0.0200. The number of benzene rings is 1. The quantitative estimate of drug-likeness (QED) is 0.696. The van der Waals surface area contributed by atoms with E-state index in [1.54, 1.807) is 30.1 Å². The number of hydrogen-bond donors (Lipinski definition) is 1. The van der Waals surface area contributed by atoms with Gasteiger partial charge < -0.3 is 4.74 Å². The normalized spacial score (nSPS) is 11.5. The summed E-state index contributed by atoms with van der Waals surface area (Å²) in [7, 11) is -0.634. The lowest BCUT2D eigenvalue weighted by Crippen LogP contribution is -2.24. The molecule has 136 valence electrons. The van der Waals surface area contributed by atoms with Crippen molar-refractivity contribution in [3.05, 3.63) is 59.4 Å². The van der Waals surface area contributed by atoms with Crippen LogP contribution in [0.1, 0.15) is 5.69 Å². The highest BCUT2D eigenvalue weighted by Gasteiger charge is 2.20. The van der Waals surface area contributed by atoms with Gasteiger partial charge in [0.15, 0.2) is 0 Å². The molecule has 0 atom stereocenters. The lowest BCUT2D eigenvalue weighted by molar-refractivity contribution is 0.402. The molecule has 0 saturated carbocycles. The molecule has 9 heteroatoms. The highest BCUT2D eigenvalue weighted by molar-refractivity contribution is 7.89. The van der Waals surface area contributed by atoms with Crippen molar-refractivity contribution in [3.8, 4) is 17.1 Å². The van der Waals surface area contributed by atoms with E-state index in [0.29, 0.717) is 10.7 Å². The van der Waals surface area contributed by atoms with E-state index in [0.717, 1.165) is 11.4 Å². The molecule has 2 heterocycles. The Morgan fingerprint density at radius 2 is 2.04 bits per heavy atom. The monoisotopic (exact) mass is 392 g/mol. The number of ether oxygens (including phenoxy) is 1. The molecular weight excluding hydrogens is 376 g/mol. The van der Waals surface area contributed by atoms with Crippen LogP contribution in [0.2, 0.25) is 5.02 Å². The number of nitrogens with zero attached hydrogens (tertiary/aromatic N) is 3. The Hall–Kier alpha value is -2.42. The molecule has 0 radical (unpaired) electrons. The minimum Gasteiger partial charge on any atom is -0.495 e. The minimum atomic E-state index is -3.82. The number of aromatic nitrogens is 3. The summed E-state index contributed by atoms with van der Waals surface area (Å²) in [6, 6.07) is 11.8. The summed E-state index contributed by atoms with van der Waals surface area (Å²) >= 11 is 5.92. The van der Waals surface area contributed by atoms with Gasteiger partial charge in [-0.3, -0.25) is 9.67 Å². The Morgan fingerprint density at radius 1 is 1.23 bits per heavy atom. The number of hydrogen-bond acceptors (Lipinski definition) is 5. The van der Waals surface area contributed by atoms with Crippen molar-refractivity contribution < 1.29 is 13.2 Å². The molecule has 0 fully saturated rings. The van der Waals surface area contributed by atoms with Crippen molar-refractivity contribution in [2.45, 2.75) is 11.4 Å². The zero-order chi connectivity index (χ0) is 18.7. The third-order valence-electron chi connectivity index (χ3n) is 3.72. The van der Waals surface area contributed by atoms with Gasteiger partial charge >= 0.3 is 0 Å². The SMILES string of the molecule is COc1ccc(Cl)cc1S(=O)(=O)NCc1cc(-c2ccccn2)n(C)n1. The molecule has 3 rings (SSSR count). The van der Waals surface area contributed by atoms with E-state index in [9.17, 15) is 8.42 Å². The predicted molar refractivity (Wildman–Crippen MR) is 98.5 cm³/mol. The number of pyridine rings is 1. The topological polar surface area (TPSA) is 86.1 Å². The molecule has 0 aliphatic carbocycles. The van der Waals surface area contributed by atoms with Crippen LogP contribution in [0.4, 0.5) is 0 Å². The number of rotatable bonds is 6. The number of methoxy groups -OCH3 is 1. The third kappa shape index (κ3) is 3.87. The van der Waals surface area contributed by atoms with Gasteiger partial charge in [-0.1, -0.05) is 17.7 Å². The van der Waals surface area contributed by atoms with Crippen LogP contribution < -0.4 is 9.46 Å². The van der Waals surface area contributed by atoms with Gasteiger partial charge in [-0.2, -0.15) is 5.10 Å². The summed E-state index contributed by atoms with van der Waals surface area (Å²) in [5.74, 6) is 0.220. The van der Waals surface area contributed by atoms with E-state index in [2.05, 4.69) is 14.8 Å². The Bertz CT molecular complexity index is 1020. The summed E-state index contributed by atoms with van der Waals surface area (Å²) in [6.07, 6.45) is 1.69. The van der Waals surface area contributed by atoms with Crippen molar-refractivity contribution in [2.24, 2.45) is 7.05 Å². The number of aryl methyl sites for hydroxylation is 1. The second-order valence-corrected chi connectivity index (χ2v) is 7.65. The summed E-state index contributed by atoms with van der Waals surface area (Å²) in [4.78, 5) is 4.26. The second kappa shape index (κ2) is 7.45. The fourth-order valence-electron chi connectivity index (χ4n) is 2.47. The molecule has 0 spiro atoms. The van der Waals surface area contributed by atoms with Gasteiger partial charge in [-0.15, -0.1) is 0 Å². The van der Waals surface area contributed by atoms with E-state index in [1.807, 2.05) is 18.2 Å². The Morgan fingerprint density at radius 3 is 2.73 bits per heavy atom. The fourth-order valence-corrected chi connectivity index (χ4v) is 3.90. The van der Waals surface area contributed by atoms with Crippen molar-refractivity contribution in [3.63, 3.8) is 0 Å². The van der Waals surface area contributed by atoms with Gasteiger partial charge in [0.05, 0.1) is 30.7 Å². The number of sulfonamides is 1. The van der Waals surface area contributed by atoms with Crippen LogP contribution in [-0.2, 0) is 23.6 Å². The Labute approximate surface area is 156 Å². The zero-order valence-corrected chi connectivity index (χ0v) is 15.8. The van der Waals surface area contributed by atoms with Gasteiger partial charge in [0, 0.05) is 18.3 Å². The Kier molecular flexibility index (Phi) is 5.26. The maximum absolute atomic E-state index is 12.6. The predicted octanol–water partition coefficient (Wildman–Crippen LogP) is 2.62. The highest BCUT2D eigenvalue weighted by atomic mass is 35.5. The highest BCUT2D eigenvalue weighted by Crippen LogP contribution is 2.27. The van der Waals surface area contributed by atoms with Gasteiger partial charge in [0.2, 0.25) is 10.0 Å². The van der Waals surface area contributed by atoms with Crippen LogP contribution in [0.25, 0.3) is 11.4 Å². The van der Waals surface area contributed by atoms with Crippen molar-refractivity contribution in [1.82, 2.24) is 19.5 Å². The molecule has 1 aromatic carbocycles. The maximum Gasteiger partial charge on any atom is 0.244 e. The first-order valence-corrected chi connectivity index (χ1v) is 9.54. The van der Waals surface area contributed by atoms with Crippen LogP contribution in [0.5, 0.6) is 5.75 Å². The zero-order valence-electron chi connectivity index (χ0n) is 14.2. The largest absolute Gasteiger partial charge is 0.495 e. The first kappa shape index (κ1) is 18.4. The second-order valence-electron chi connectivity index (χ2n) is 5.48. The average Bonchev–Trinajstić information content (AvgIpc) is 3.01. The molecule has 0 amide bonds. The van der Waals surface area contributed by atoms with E-state index in [4.69, 9.17) is 16.3 Å².